The molecule has 0 amide bonds. The number of rotatable bonds is 2. The zero-order chi connectivity index (χ0) is 13.7. The van der Waals surface area contributed by atoms with E-state index < -0.39 is 10.9 Å². The van der Waals surface area contributed by atoms with Crippen LogP contribution in [0.25, 0.3) is 0 Å². The fourth-order valence-electron chi connectivity index (χ4n) is 1.42. The van der Waals surface area contributed by atoms with E-state index in [4.69, 9.17) is 5.11 Å². The number of benzene rings is 1. The van der Waals surface area contributed by atoms with Gasteiger partial charge in [-0.25, -0.2) is 4.79 Å². The van der Waals surface area contributed by atoms with Gasteiger partial charge in [-0.1, -0.05) is 11.8 Å². The van der Waals surface area contributed by atoms with Crippen molar-refractivity contribution >= 4 is 11.7 Å². The fourth-order valence-corrected chi connectivity index (χ4v) is 1.42. The number of esters is 1. The monoisotopic (exact) mass is 249 g/mol. The molecule has 0 heterocycles. The van der Waals surface area contributed by atoms with Gasteiger partial charge in [0.25, 0.3) is 5.69 Å². The maximum atomic E-state index is 11.5. The summed E-state index contributed by atoms with van der Waals surface area (Å²) in [4.78, 5) is 21.8. The molecule has 0 aliphatic heterocycles. The summed E-state index contributed by atoms with van der Waals surface area (Å²) in [6, 6.07) is 2.65. The maximum Gasteiger partial charge on any atom is 0.338 e. The zero-order valence-corrected chi connectivity index (χ0v) is 9.89. The Morgan fingerprint density at radius 1 is 1.56 bits per heavy atom. The van der Waals surface area contributed by atoms with Crippen LogP contribution in [0, 0.1) is 28.9 Å². The molecule has 0 saturated carbocycles. The Kier molecular flexibility index (Phi) is 4.40. The second-order valence-corrected chi connectivity index (χ2v) is 3.38. The van der Waals surface area contributed by atoms with Gasteiger partial charge in [-0.2, -0.15) is 0 Å². The van der Waals surface area contributed by atoms with Crippen molar-refractivity contribution in [3.05, 3.63) is 38.9 Å². The highest BCUT2D eigenvalue weighted by molar-refractivity contribution is 5.92. The second-order valence-electron chi connectivity index (χ2n) is 3.38. The SMILES string of the molecule is COC(=O)c1cc(C#CCO)cc([N+](=O)[O-])c1C. The van der Waals surface area contributed by atoms with E-state index >= 15 is 0 Å². The van der Waals surface area contributed by atoms with Crippen LogP contribution < -0.4 is 0 Å². The topological polar surface area (TPSA) is 89.7 Å². The molecule has 0 bridgehead atoms. The first-order valence-corrected chi connectivity index (χ1v) is 4.98. The summed E-state index contributed by atoms with van der Waals surface area (Å²) in [5.74, 6) is 4.23. The molecule has 0 aromatic heterocycles. The van der Waals surface area contributed by atoms with E-state index in [1.165, 1.54) is 26.2 Å². The van der Waals surface area contributed by atoms with E-state index in [0.29, 0.717) is 0 Å². The van der Waals surface area contributed by atoms with E-state index in [-0.39, 0.29) is 29.0 Å². The number of hydrogen-bond donors (Lipinski definition) is 1. The largest absolute Gasteiger partial charge is 0.465 e. The molecule has 0 atom stereocenters. The molecular formula is C12H11NO5. The molecular weight excluding hydrogens is 238 g/mol. The number of ether oxygens (including phenoxy) is 1. The normalized spacial score (nSPS) is 9.28. The molecule has 1 rings (SSSR count). The highest BCUT2D eigenvalue weighted by Crippen LogP contribution is 2.24. The van der Waals surface area contributed by atoms with Crippen LogP contribution in [-0.4, -0.2) is 29.7 Å². The highest BCUT2D eigenvalue weighted by Gasteiger charge is 2.20. The van der Waals surface area contributed by atoms with Gasteiger partial charge in [-0.05, 0) is 13.0 Å². The summed E-state index contributed by atoms with van der Waals surface area (Å²) in [7, 11) is 1.19. The number of carbonyl (C=O) groups excluding carboxylic acids is 1. The predicted octanol–water partition coefficient (Wildman–Crippen LogP) is 1.03. The molecule has 6 nitrogen and oxygen atoms in total. The Bertz CT molecular complexity index is 554. The van der Waals surface area contributed by atoms with Crippen LogP contribution in [0.5, 0.6) is 0 Å². The lowest BCUT2D eigenvalue weighted by Gasteiger charge is -2.05. The molecule has 0 saturated heterocycles. The molecule has 0 aliphatic rings. The summed E-state index contributed by atoms with van der Waals surface area (Å²) in [6.07, 6.45) is 0. The van der Waals surface area contributed by atoms with Crippen LogP contribution in [0.15, 0.2) is 12.1 Å². The average molecular weight is 249 g/mol. The molecule has 0 aliphatic carbocycles. The molecule has 0 unspecified atom stereocenters. The van der Waals surface area contributed by atoms with E-state index in [1.54, 1.807) is 0 Å². The van der Waals surface area contributed by atoms with Gasteiger partial charge in [0.1, 0.15) is 6.61 Å². The van der Waals surface area contributed by atoms with Crippen LogP contribution in [0.3, 0.4) is 0 Å². The average Bonchev–Trinajstić information content (AvgIpc) is 2.36. The molecule has 1 aromatic carbocycles. The lowest BCUT2D eigenvalue weighted by molar-refractivity contribution is -0.385. The van der Waals surface area contributed by atoms with Crippen molar-refractivity contribution in [3.8, 4) is 11.8 Å². The lowest BCUT2D eigenvalue weighted by atomic mass is 10.0. The Hall–Kier alpha value is -2.39. The highest BCUT2D eigenvalue weighted by atomic mass is 16.6. The van der Waals surface area contributed by atoms with E-state index in [9.17, 15) is 14.9 Å². The number of hydrogen-bond acceptors (Lipinski definition) is 5. The van der Waals surface area contributed by atoms with Crippen LogP contribution >= 0.6 is 0 Å². The number of nitrogens with zero attached hydrogens (tertiary/aromatic N) is 1. The first-order valence-electron chi connectivity index (χ1n) is 4.98. The van der Waals surface area contributed by atoms with Gasteiger partial charge in [0, 0.05) is 17.2 Å². The third-order valence-corrected chi connectivity index (χ3v) is 2.29. The second kappa shape index (κ2) is 5.80. The number of nitro benzene ring substituents is 1. The molecule has 1 N–H and O–H groups in total. The summed E-state index contributed by atoms with van der Waals surface area (Å²) < 4.78 is 4.55. The molecule has 6 heteroatoms. The maximum absolute atomic E-state index is 11.5. The standard InChI is InChI=1S/C12H11NO5/c1-8-10(12(15)18-2)6-9(4-3-5-14)7-11(8)13(16)17/h6-7,14H,5H2,1-2H3. The van der Waals surface area contributed by atoms with E-state index in [1.807, 2.05) is 0 Å². The van der Waals surface area contributed by atoms with Gasteiger partial charge in [-0.3, -0.25) is 10.1 Å². The minimum atomic E-state index is -0.664. The van der Waals surface area contributed by atoms with E-state index in [2.05, 4.69) is 16.6 Å². The van der Waals surface area contributed by atoms with Gasteiger partial charge in [0.15, 0.2) is 0 Å². The number of methoxy groups -OCH3 is 1. The Morgan fingerprint density at radius 2 is 2.22 bits per heavy atom. The third-order valence-electron chi connectivity index (χ3n) is 2.29. The van der Waals surface area contributed by atoms with Gasteiger partial charge in [0.2, 0.25) is 0 Å². The first kappa shape index (κ1) is 13.7. The first-order chi connectivity index (χ1) is 8.51. The van der Waals surface area contributed by atoms with Gasteiger partial charge >= 0.3 is 5.97 Å². The number of carbonyl (C=O) groups is 1. The fraction of sp³-hybridized carbons (Fsp3) is 0.250. The van der Waals surface area contributed by atoms with Crippen molar-refractivity contribution in [1.29, 1.82) is 0 Å². The summed E-state index contributed by atoms with van der Waals surface area (Å²) in [5, 5.41) is 19.5. The van der Waals surface area contributed by atoms with Gasteiger partial charge in [0.05, 0.1) is 17.6 Å². The lowest BCUT2D eigenvalue weighted by Crippen LogP contribution is -2.06. The molecule has 18 heavy (non-hydrogen) atoms. The molecule has 94 valence electrons. The van der Waals surface area contributed by atoms with Crippen LogP contribution in [0.1, 0.15) is 21.5 Å². The van der Waals surface area contributed by atoms with Crippen molar-refractivity contribution in [2.75, 3.05) is 13.7 Å². The molecule has 1 aromatic rings. The van der Waals surface area contributed by atoms with Crippen molar-refractivity contribution in [2.24, 2.45) is 0 Å². The minimum absolute atomic E-state index is 0.0916. The van der Waals surface area contributed by atoms with Crippen LogP contribution in [0.4, 0.5) is 5.69 Å². The van der Waals surface area contributed by atoms with E-state index in [0.717, 1.165) is 0 Å². The molecule has 0 fully saturated rings. The van der Waals surface area contributed by atoms with Crippen molar-refractivity contribution in [2.45, 2.75) is 6.92 Å². The number of aliphatic hydroxyl groups excluding tert-OH is 1. The summed E-state index contributed by atoms with van der Waals surface area (Å²) in [6.45, 7) is 1.10. The van der Waals surface area contributed by atoms with Crippen molar-refractivity contribution in [1.82, 2.24) is 0 Å². The quantitative estimate of drug-likeness (QED) is 0.366. The van der Waals surface area contributed by atoms with Crippen LogP contribution in [0.2, 0.25) is 0 Å². The zero-order valence-electron chi connectivity index (χ0n) is 9.89. The third kappa shape index (κ3) is 2.84. The molecule has 0 spiro atoms. The van der Waals surface area contributed by atoms with Crippen molar-refractivity contribution in [3.63, 3.8) is 0 Å². The Labute approximate surface area is 103 Å². The number of nitro groups is 1. The van der Waals surface area contributed by atoms with Crippen LogP contribution in [-0.2, 0) is 4.74 Å². The van der Waals surface area contributed by atoms with Gasteiger partial charge in [-0.15, -0.1) is 0 Å². The summed E-state index contributed by atoms with van der Waals surface area (Å²) in [5.41, 5.74) is 0.386. The van der Waals surface area contributed by atoms with Crippen molar-refractivity contribution < 1.29 is 19.6 Å². The smallest absolute Gasteiger partial charge is 0.338 e. The number of aliphatic hydroxyl groups is 1. The molecule has 0 radical (unpaired) electrons. The minimum Gasteiger partial charge on any atom is -0.465 e. The Morgan fingerprint density at radius 3 is 2.72 bits per heavy atom. The predicted molar refractivity (Wildman–Crippen MR) is 63.1 cm³/mol. The Balaban J connectivity index is 3.46. The summed E-state index contributed by atoms with van der Waals surface area (Å²) >= 11 is 0. The van der Waals surface area contributed by atoms with Gasteiger partial charge < -0.3 is 9.84 Å².